The van der Waals surface area contributed by atoms with E-state index in [9.17, 15) is 9.59 Å². The quantitative estimate of drug-likeness (QED) is 0.349. The molecule has 6 nitrogen and oxygen atoms in total. The molecule has 2 heterocycles. The number of aromatic nitrogens is 1. The third-order valence-corrected chi connectivity index (χ3v) is 6.57. The molecule has 1 amide bonds. The first-order valence-corrected chi connectivity index (χ1v) is 11.9. The summed E-state index contributed by atoms with van der Waals surface area (Å²) in [7, 11) is 1.58. The lowest BCUT2D eigenvalue weighted by Crippen LogP contribution is -2.28. The van der Waals surface area contributed by atoms with Gasteiger partial charge in [-0.3, -0.25) is 9.59 Å². The monoisotopic (exact) mass is 505 g/mol. The molecule has 5 rings (SSSR count). The zero-order valence-electron chi connectivity index (χ0n) is 18.8. The van der Waals surface area contributed by atoms with Crippen molar-refractivity contribution in [1.82, 2.24) is 9.99 Å². The van der Waals surface area contributed by atoms with E-state index in [1.54, 1.807) is 19.2 Å². The Morgan fingerprint density at radius 3 is 2.57 bits per heavy atom. The number of fused-ring (bicyclic) bond motifs is 1. The van der Waals surface area contributed by atoms with Crippen LogP contribution in [0.3, 0.4) is 0 Å². The van der Waals surface area contributed by atoms with Crippen LogP contribution in [-0.4, -0.2) is 34.6 Å². The highest BCUT2D eigenvalue weighted by Gasteiger charge is 2.36. The number of para-hydroxylation sites is 1. The molecular formula is C27H21Cl2N3O3. The van der Waals surface area contributed by atoms with Gasteiger partial charge in [0.1, 0.15) is 11.6 Å². The van der Waals surface area contributed by atoms with Crippen molar-refractivity contribution in [2.45, 2.75) is 12.5 Å². The molecule has 0 bridgehead atoms. The second kappa shape index (κ2) is 9.56. The van der Waals surface area contributed by atoms with Gasteiger partial charge in [0.15, 0.2) is 0 Å². The van der Waals surface area contributed by atoms with Crippen LogP contribution in [-0.2, 0) is 4.79 Å². The molecule has 3 aromatic carbocycles. The van der Waals surface area contributed by atoms with E-state index in [-0.39, 0.29) is 17.3 Å². The number of pyridine rings is 1. The largest absolute Gasteiger partial charge is 0.496 e. The van der Waals surface area contributed by atoms with Crippen LogP contribution in [0.25, 0.3) is 22.0 Å². The number of hydrazone groups is 1. The normalized spacial score (nSPS) is 15.3. The first-order chi connectivity index (χ1) is 17.0. The maximum atomic E-state index is 13.5. The van der Waals surface area contributed by atoms with E-state index in [2.05, 4.69) is 10.1 Å². The van der Waals surface area contributed by atoms with Crippen LogP contribution in [0, 0.1) is 0 Å². The molecule has 4 aromatic rings. The van der Waals surface area contributed by atoms with Crippen molar-refractivity contribution in [2.75, 3.05) is 13.0 Å². The van der Waals surface area contributed by atoms with E-state index in [0.29, 0.717) is 39.5 Å². The predicted octanol–water partition coefficient (Wildman–Crippen LogP) is 5.77. The van der Waals surface area contributed by atoms with Crippen molar-refractivity contribution in [1.29, 1.82) is 0 Å². The van der Waals surface area contributed by atoms with Crippen LogP contribution in [0.15, 0.2) is 82.7 Å². The molecule has 0 saturated heterocycles. The fourth-order valence-corrected chi connectivity index (χ4v) is 4.88. The van der Waals surface area contributed by atoms with E-state index in [1.165, 1.54) is 5.01 Å². The number of benzene rings is 3. The minimum atomic E-state index is -0.467. The number of amides is 1. The van der Waals surface area contributed by atoms with Crippen molar-refractivity contribution in [3.05, 3.63) is 99.3 Å². The summed E-state index contributed by atoms with van der Waals surface area (Å²) in [5, 5.41) is 7.34. The lowest BCUT2D eigenvalue weighted by Gasteiger charge is -2.22. The molecule has 1 aromatic heterocycles. The van der Waals surface area contributed by atoms with Gasteiger partial charge in [-0.15, -0.1) is 11.6 Å². The summed E-state index contributed by atoms with van der Waals surface area (Å²) in [6, 6.07) is 21.9. The molecule has 0 spiro atoms. The average Bonchev–Trinajstić information content (AvgIpc) is 3.33. The van der Waals surface area contributed by atoms with Crippen LogP contribution in [0.4, 0.5) is 0 Å². The lowest BCUT2D eigenvalue weighted by molar-refractivity contribution is -0.130. The number of halogens is 2. The van der Waals surface area contributed by atoms with E-state index < -0.39 is 6.04 Å². The summed E-state index contributed by atoms with van der Waals surface area (Å²) in [6.07, 6.45) is 0.317. The molecule has 0 fully saturated rings. The summed E-state index contributed by atoms with van der Waals surface area (Å²) in [5.41, 5.74) is 3.60. The predicted molar refractivity (Wildman–Crippen MR) is 139 cm³/mol. The zero-order valence-corrected chi connectivity index (χ0v) is 20.3. The Kier molecular flexibility index (Phi) is 6.32. The maximum Gasteiger partial charge on any atom is 0.258 e. The van der Waals surface area contributed by atoms with Crippen molar-refractivity contribution in [2.24, 2.45) is 5.10 Å². The van der Waals surface area contributed by atoms with Gasteiger partial charge in [-0.2, -0.15) is 5.10 Å². The van der Waals surface area contributed by atoms with Crippen LogP contribution in [0.2, 0.25) is 5.02 Å². The number of hydrogen-bond acceptors (Lipinski definition) is 4. The number of alkyl halides is 1. The van der Waals surface area contributed by atoms with Crippen LogP contribution in [0.5, 0.6) is 5.75 Å². The van der Waals surface area contributed by atoms with Gasteiger partial charge in [0.05, 0.1) is 24.4 Å². The van der Waals surface area contributed by atoms with E-state index in [0.717, 1.165) is 16.5 Å². The number of hydrogen-bond donors (Lipinski definition) is 1. The van der Waals surface area contributed by atoms with Crippen LogP contribution in [0.1, 0.15) is 23.6 Å². The Labute approximate surface area is 211 Å². The van der Waals surface area contributed by atoms with Crippen molar-refractivity contribution < 1.29 is 9.53 Å². The smallest absolute Gasteiger partial charge is 0.258 e. The molecular weight excluding hydrogens is 485 g/mol. The number of methoxy groups -OCH3 is 1. The van der Waals surface area contributed by atoms with E-state index >= 15 is 0 Å². The summed E-state index contributed by atoms with van der Waals surface area (Å²) >= 11 is 12.3. The maximum absolute atomic E-state index is 13.5. The average molecular weight is 506 g/mol. The van der Waals surface area contributed by atoms with Gasteiger partial charge in [0.25, 0.3) is 11.5 Å². The number of aromatic amines is 1. The number of ether oxygens (including phenoxy) is 1. The van der Waals surface area contributed by atoms with E-state index in [1.807, 2.05) is 60.7 Å². The Balaban J connectivity index is 1.75. The first kappa shape index (κ1) is 23.1. The lowest BCUT2D eigenvalue weighted by atomic mass is 9.91. The highest BCUT2D eigenvalue weighted by atomic mass is 35.5. The molecule has 35 heavy (non-hydrogen) atoms. The third-order valence-electron chi connectivity index (χ3n) is 6.11. The van der Waals surface area contributed by atoms with Gasteiger partial charge in [-0.05, 0) is 29.8 Å². The number of H-pyrrole nitrogens is 1. The molecule has 0 saturated carbocycles. The number of nitrogens with zero attached hydrogens (tertiary/aromatic N) is 2. The Bertz CT molecular complexity index is 1520. The molecule has 0 radical (unpaired) electrons. The molecule has 1 N–H and O–H groups in total. The minimum absolute atomic E-state index is 0.238. The molecule has 176 valence electrons. The minimum Gasteiger partial charge on any atom is -0.496 e. The SMILES string of the molecule is COc1ccccc1[C@H]1CC(c2c(-c3ccccc3)c3cc(Cl)ccc3[nH]c2=O)=NN1C(=O)CCl. The third kappa shape index (κ3) is 4.20. The van der Waals surface area contributed by atoms with E-state index in [4.69, 9.17) is 27.9 Å². The highest BCUT2D eigenvalue weighted by molar-refractivity contribution is 6.31. The second-order valence-corrected chi connectivity index (χ2v) is 8.84. The zero-order chi connectivity index (χ0) is 24.5. The number of nitrogens with one attached hydrogen (secondary N) is 1. The molecule has 1 aliphatic heterocycles. The van der Waals surface area contributed by atoms with Crippen LogP contribution >= 0.6 is 23.2 Å². The first-order valence-electron chi connectivity index (χ1n) is 11.0. The van der Waals surface area contributed by atoms with Gasteiger partial charge >= 0.3 is 0 Å². The van der Waals surface area contributed by atoms with Crippen molar-refractivity contribution in [3.63, 3.8) is 0 Å². The summed E-state index contributed by atoms with van der Waals surface area (Å²) in [6.45, 7) is 0. The summed E-state index contributed by atoms with van der Waals surface area (Å²) in [5.74, 6) is 0.0281. The van der Waals surface area contributed by atoms with Crippen LogP contribution < -0.4 is 10.3 Å². The van der Waals surface area contributed by atoms with Crippen molar-refractivity contribution >= 4 is 45.7 Å². The van der Waals surface area contributed by atoms with Gasteiger partial charge in [0, 0.05) is 33.5 Å². The second-order valence-electron chi connectivity index (χ2n) is 8.14. The number of carbonyl (C=O) groups is 1. The molecule has 1 aliphatic rings. The molecule has 8 heteroatoms. The van der Waals surface area contributed by atoms with Gasteiger partial charge < -0.3 is 9.72 Å². The topological polar surface area (TPSA) is 74.8 Å². The Morgan fingerprint density at radius 2 is 1.83 bits per heavy atom. The van der Waals surface area contributed by atoms with Gasteiger partial charge in [-0.25, -0.2) is 5.01 Å². The standard InChI is InChI=1S/C27H21Cl2N3O3/c1-35-23-10-6-5-9-18(23)22-14-21(31-32(22)24(33)15-28)26-25(16-7-3-2-4-8-16)19-13-17(29)11-12-20(19)30-27(26)34/h2-13,22H,14-15H2,1H3,(H,30,34)/t22-/m1/s1. The van der Waals surface area contributed by atoms with Gasteiger partial charge in [-0.1, -0.05) is 60.1 Å². The fraction of sp³-hybridized carbons (Fsp3) is 0.148. The summed E-state index contributed by atoms with van der Waals surface area (Å²) < 4.78 is 5.54. The van der Waals surface area contributed by atoms with Gasteiger partial charge in [0.2, 0.25) is 0 Å². The number of rotatable bonds is 5. The summed E-state index contributed by atoms with van der Waals surface area (Å²) in [4.78, 5) is 29.3. The highest BCUT2D eigenvalue weighted by Crippen LogP contribution is 2.40. The Hall–Kier alpha value is -3.61. The van der Waals surface area contributed by atoms with Crippen molar-refractivity contribution in [3.8, 4) is 16.9 Å². The number of carbonyl (C=O) groups excluding carboxylic acids is 1. The Morgan fingerprint density at radius 1 is 1.09 bits per heavy atom. The fourth-order valence-electron chi connectivity index (χ4n) is 4.58. The molecule has 0 unspecified atom stereocenters. The molecule has 0 aliphatic carbocycles. The molecule has 1 atom stereocenters.